The zero-order chi connectivity index (χ0) is 14.1. The van der Waals surface area contributed by atoms with E-state index in [2.05, 4.69) is 36.1 Å². The highest BCUT2D eigenvalue weighted by Gasteiger charge is 2.12. The van der Waals surface area contributed by atoms with Gasteiger partial charge in [0.05, 0.1) is 6.61 Å². The average molecular weight is 265 g/mol. The third-order valence-corrected chi connectivity index (χ3v) is 3.61. The molecule has 0 saturated carbocycles. The van der Waals surface area contributed by atoms with Gasteiger partial charge in [-0.2, -0.15) is 0 Å². The lowest BCUT2D eigenvalue weighted by atomic mass is 10.1. The molecule has 2 N–H and O–H groups in total. The van der Waals surface area contributed by atoms with Crippen LogP contribution in [0, 0.1) is 0 Å². The molecule has 0 heterocycles. The Morgan fingerprint density at radius 2 is 1.63 bits per heavy atom. The summed E-state index contributed by atoms with van der Waals surface area (Å²) in [5, 5.41) is 18.2. The fourth-order valence-corrected chi connectivity index (χ4v) is 2.25. The van der Waals surface area contributed by atoms with Gasteiger partial charge in [-0.3, -0.25) is 0 Å². The van der Waals surface area contributed by atoms with E-state index in [4.69, 9.17) is 5.11 Å². The van der Waals surface area contributed by atoms with Gasteiger partial charge < -0.3 is 15.1 Å². The van der Waals surface area contributed by atoms with Gasteiger partial charge in [-0.25, -0.2) is 0 Å². The zero-order valence-corrected chi connectivity index (χ0v) is 12.2. The van der Waals surface area contributed by atoms with Gasteiger partial charge in [0, 0.05) is 19.2 Å². The molecule has 0 aliphatic carbocycles. The maximum Gasteiger partial charge on any atom is 0.0587 e. The van der Waals surface area contributed by atoms with Crippen molar-refractivity contribution in [3.8, 4) is 0 Å². The minimum absolute atomic E-state index is 0.0596. The van der Waals surface area contributed by atoms with Crippen LogP contribution in [0.4, 0.5) is 0 Å². The van der Waals surface area contributed by atoms with Gasteiger partial charge in [-0.15, -0.1) is 0 Å². The van der Waals surface area contributed by atoms with Gasteiger partial charge in [-0.1, -0.05) is 37.6 Å². The molecule has 3 heteroatoms. The third-order valence-electron chi connectivity index (χ3n) is 3.61. The van der Waals surface area contributed by atoms with Crippen LogP contribution in [0.5, 0.6) is 0 Å². The highest BCUT2D eigenvalue weighted by atomic mass is 16.3. The van der Waals surface area contributed by atoms with E-state index in [0.29, 0.717) is 6.42 Å². The number of nitrogens with zero attached hydrogens (tertiary/aromatic N) is 1. The Kier molecular flexibility index (Phi) is 7.72. The Morgan fingerprint density at radius 3 is 2.11 bits per heavy atom. The molecule has 0 radical (unpaired) electrons. The predicted molar refractivity (Wildman–Crippen MR) is 79.3 cm³/mol. The summed E-state index contributed by atoms with van der Waals surface area (Å²) in [6, 6.07) is 8.86. The van der Waals surface area contributed by atoms with Gasteiger partial charge in [0.15, 0.2) is 0 Å². The van der Waals surface area contributed by atoms with E-state index >= 15 is 0 Å². The molecule has 19 heavy (non-hydrogen) atoms. The van der Waals surface area contributed by atoms with E-state index in [-0.39, 0.29) is 19.3 Å². The SMILES string of the molecule is CCCc1ccc(CCN(C)C(CO)CCO)cc1. The Balaban J connectivity index is 2.42. The summed E-state index contributed by atoms with van der Waals surface area (Å²) >= 11 is 0. The second-order valence-corrected chi connectivity index (χ2v) is 5.15. The van der Waals surface area contributed by atoms with Crippen LogP contribution in [0.25, 0.3) is 0 Å². The summed E-state index contributed by atoms with van der Waals surface area (Å²) in [7, 11) is 2.00. The lowest BCUT2D eigenvalue weighted by Crippen LogP contribution is -2.36. The molecule has 1 unspecified atom stereocenters. The van der Waals surface area contributed by atoms with E-state index in [0.717, 1.165) is 19.4 Å². The molecule has 1 atom stereocenters. The lowest BCUT2D eigenvalue weighted by Gasteiger charge is -2.25. The number of aryl methyl sites for hydroxylation is 1. The molecular weight excluding hydrogens is 238 g/mol. The largest absolute Gasteiger partial charge is 0.396 e. The van der Waals surface area contributed by atoms with Crippen molar-refractivity contribution in [3.05, 3.63) is 35.4 Å². The molecule has 1 rings (SSSR count). The van der Waals surface area contributed by atoms with Crippen LogP contribution in [0.3, 0.4) is 0 Å². The van der Waals surface area contributed by atoms with Gasteiger partial charge in [0.2, 0.25) is 0 Å². The van der Waals surface area contributed by atoms with Gasteiger partial charge in [0.25, 0.3) is 0 Å². The van der Waals surface area contributed by atoms with Crippen LogP contribution >= 0.6 is 0 Å². The van der Waals surface area contributed by atoms with Gasteiger partial charge in [-0.05, 0) is 37.4 Å². The number of rotatable bonds is 9. The fourth-order valence-electron chi connectivity index (χ4n) is 2.25. The summed E-state index contributed by atoms with van der Waals surface area (Å²) in [6.45, 7) is 3.32. The van der Waals surface area contributed by atoms with Crippen LogP contribution < -0.4 is 0 Å². The number of hydrogen-bond acceptors (Lipinski definition) is 3. The van der Waals surface area contributed by atoms with Crippen molar-refractivity contribution in [2.24, 2.45) is 0 Å². The summed E-state index contributed by atoms with van der Waals surface area (Å²) in [5.41, 5.74) is 2.72. The third kappa shape index (κ3) is 5.72. The molecule has 0 aromatic heterocycles. The molecule has 0 fully saturated rings. The molecule has 1 aromatic rings. The van der Waals surface area contributed by atoms with E-state index < -0.39 is 0 Å². The molecule has 3 nitrogen and oxygen atoms in total. The maximum absolute atomic E-state index is 9.27. The Morgan fingerprint density at radius 1 is 1.05 bits per heavy atom. The van der Waals surface area contributed by atoms with Gasteiger partial charge in [0.1, 0.15) is 0 Å². The van der Waals surface area contributed by atoms with Crippen molar-refractivity contribution < 1.29 is 10.2 Å². The second kappa shape index (κ2) is 9.08. The first-order chi connectivity index (χ1) is 9.21. The fraction of sp³-hybridized carbons (Fsp3) is 0.625. The minimum atomic E-state index is 0.0596. The first-order valence-electron chi connectivity index (χ1n) is 7.21. The molecule has 0 spiro atoms. The van der Waals surface area contributed by atoms with Crippen molar-refractivity contribution in [3.63, 3.8) is 0 Å². The molecule has 1 aromatic carbocycles. The van der Waals surface area contributed by atoms with Crippen LogP contribution in [-0.4, -0.2) is 48.0 Å². The summed E-state index contributed by atoms with van der Waals surface area (Å²) in [4.78, 5) is 2.12. The summed E-state index contributed by atoms with van der Waals surface area (Å²) in [5.74, 6) is 0. The van der Waals surface area contributed by atoms with Crippen LogP contribution in [0.1, 0.15) is 30.9 Å². The predicted octanol–water partition coefficient (Wildman–Crippen LogP) is 1.86. The molecule has 0 amide bonds. The van der Waals surface area contributed by atoms with Crippen molar-refractivity contribution in [1.29, 1.82) is 0 Å². The van der Waals surface area contributed by atoms with Crippen LogP contribution in [0.2, 0.25) is 0 Å². The Labute approximate surface area is 116 Å². The highest BCUT2D eigenvalue weighted by molar-refractivity contribution is 5.22. The Bertz CT molecular complexity index is 337. The van der Waals surface area contributed by atoms with E-state index in [1.807, 2.05) is 7.05 Å². The number of aliphatic hydroxyl groups is 2. The molecule has 108 valence electrons. The standard InChI is InChI=1S/C16H27NO2/c1-3-4-14-5-7-15(8-6-14)9-11-17(2)16(13-19)10-12-18/h5-8,16,18-19H,3-4,9-13H2,1-2H3. The number of benzene rings is 1. The Hall–Kier alpha value is -0.900. The topological polar surface area (TPSA) is 43.7 Å². The smallest absolute Gasteiger partial charge is 0.0587 e. The second-order valence-electron chi connectivity index (χ2n) is 5.15. The molecule has 0 aliphatic rings. The molecular formula is C16H27NO2. The quantitative estimate of drug-likeness (QED) is 0.716. The average Bonchev–Trinajstić information content (AvgIpc) is 2.44. The number of aliphatic hydroxyl groups excluding tert-OH is 2. The van der Waals surface area contributed by atoms with E-state index in [1.54, 1.807) is 0 Å². The van der Waals surface area contributed by atoms with Crippen molar-refractivity contribution in [2.75, 3.05) is 26.8 Å². The first kappa shape index (κ1) is 16.2. The highest BCUT2D eigenvalue weighted by Crippen LogP contribution is 2.09. The van der Waals surface area contributed by atoms with Crippen molar-refractivity contribution >= 4 is 0 Å². The van der Waals surface area contributed by atoms with E-state index in [1.165, 1.54) is 17.5 Å². The molecule has 0 saturated heterocycles. The summed E-state index contributed by atoms with van der Waals surface area (Å²) in [6.07, 6.45) is 3.93. The molecule has 0 bridgehead atoms. The van der Waals surface area contributed by atoms with Crippen LogP contribution in [0.15, 0.2) is 24.3 Å². The molecule has 0 aliphatic heterocycles. The monoisotopic (exact) mass is 265 g/mol. The normalized spacial score (nSPS) is 12.9. The number of hydrogen-bond donors (Lipinski definition) is 2. The summed E-state index contributed by atoms with van der Waals surface area (Å²) < 4.78 is 0. The number of likely N-dealkylation sites (N-methyl/N-ethyl adjacent to an activating group) is 1. The minimum Gasteiger partial charge on any atom is -0.396 e. The zero-order valence-electron chi connectivity index (χ0n) is 12.2. The van der Waals surface area contributed by atoms with Crippen molar-refractivity contribution in [1.82, 2.24) is 4.90 Å². The lowest BCUT2D eigenvalue weighted by molar-refractivity contribution is 0.120. The van der Waals surface area contributed by atoms with Crippen molar-refractivity contribution in [2.45, 2.75) is 38.6 Å². The first-order valence-corrected chi connectivity index (χ1v) is 7.21. The maximum atomic E-state index is 9.27. The van der Waals surface area contributed by atoms with Gasteiger partial charge >= 0.3 is 0 Å². The van der Waals surface area contributed by atoms with E-state index in [9.17, 15) is 5.11 Å². The van der Waals surface area contributed by atoms with Crippen LogP contribution in [-0.2, 0) is 12.8 Å².